The summed E-state index contributed by atoms with van der Waals surface area (Å²) >= 11 is 5.96. The number of anilines is 2. The number of nitrogens with one attached hydrogen (secondary N) is 1. The number of benzene rings is 2. The van der Waals surface area contributed by atoms with Gasteiger partial charge in [0.05, 0.1) is 5.69 Å². The molecular weight excluding hydrogens is 368 g/mol. The van der Waals surface area contributed by atoms with Crippen LogP contribution in [0, 0.1) is 6.92 Å². The summed E-state index contributed by atoms with van der Waals surface area (Å²) in [6.07, 6.45) is -0.00518. The molecule has 0 amide bonds. The number of aryl methyl sites for hydroxylation is 1. The third-order valence-electron chi connectivity index (χ3n) is 3.78. The zero-order chi connectivity index (χ0) is 19.2. The summed E-state index contributed by atoms with van der Waals surface area (Å²) in [6.45, 7) is 2.36. The lowest BCUT2D eigenvalue weighted by molar-refractivity contribution is 0.144. The Kier molecular flexibility index (Phi) is 5.78. The maximum atomic E-state index is 10.9. The summed E-state index contributed by atoms with van der Waals surface area (Å²) in [5.74, 6) is 0.620. The standard InChI is InChI=1S/C20H17ClN2O4/c1-13-7-8-15(26-12-14-5-3-2-4-6-14)11-17(13)23-16-9-10-22-19(21)18(16)27-20(24)25/h2-11H,12H2,1H3,(H,22,23)(H,24,25). The van der Waals surface area contributed by atoms with Crippen molar-refractivity contribution in [2.75, 3.05) is 5.32 Å². The molecule has 1 aromatic heterocycles. The lowest BCUT2D eigenvalue weighted by Gasteiger charge is -2.15. The van der Waals surface area contributed by atoms with Crippen molar-refractivity contribution in [2.24, 2.45) is 0 Å². The normalized spacial score (nSPS) is 10.3. The van der Waals surface area contributed by atoms with Crippen LogP contribution in [0.5, 0.6) is 11.5 Å². The van der Waals surface area contributed by atoms with Crippen LogP contribution < -0.4 is 14.8 Å². The second-order valence-corrected chi connectivity index (χ2v) is 6.08. The number of aromatic nitrogens is 1. The van der Waals surface area contributed by atoms with E-state index in [2.05, 4.69) is 10.3 Å². The molecule has 3 aromatic rings. The third kappa shape index (κ3) is 4.89. The predicted molar refractivity (Wildman–Crippen MR) is 103 cm³/mol. The molecule has 0 bridgehead atoms. The Morgan fingerprint density at radius 2 is 1.93 bits per heavy atom. The molecule has 0 radical (unpaired) electrons. The molecule has 0 aliphatic heterocycles. The van der Waals surface area contributed by atoms with Crippen molar-refractivity contribution in [2.45, 2.75) is 13.5 Å². The van der Waals surface area contributed by atoms with E-state index in [0.29, 0.717) is 18.0 Å². The Morgan fingerprint density at radius 1 is 1.15 bits per heavy atom. The van der Waals surface area contributed by atoms with Crippen LogP contribution in [0.1, 0.15) is 11.1 Å². The number of hydrogen-bond donors (Lipinski definition) is 2. The van der Waals surface area contributed by atoms with Gasteiger partial charge in [-0.05, 0) is 30.2 Å². The molecule has 0 aliphatic rings. The maximum absolute atomic E-state index is 10.9. The highest BCUT2D eigenvalue weighted by molar-refractivity contribution is 6.31. The molecule has 0 saturated heterocycles. The van der Waals surface area contributed by atoms with E-state index in [9.17, 15) is 4.79 Å². The number of halogens is 1. The van der Waals surface area contributed by atoms with Crippen LogP contribution >= 0.6 is 11.6 Å². The lowest BCUT2D eigenvalue weighted by Crippen LogP contribution is -2.07. The highest BCUT2D eigenvalue weighted by Gasteiger charge is 2.14. The summed E-state index contributed by atoms with van der Waals surface area (Å²) in [4.78, 5) is 14.8. The number of pyridine rings is 1. The molecule has 7 heteroatoms. The van der Waals surface area contributed by atoms with Crippen molar-refractivity contribution >= 4 is 29.1 Å². The van der Waals surface area contributed by atoms with Crippen LogP contribution in [0.25, 0.3) is 0 Å². The molecule has 6 nitrogen and oxygen atoms in total. The average molecular weight is 385 g/mol. The number of nitrogens with zero attached hydrogens (tertiary/aromatic N) is 1. The van der Waals surface area contributed by atoms with Crippen LogP contribution in [0.2, 0.25) is 5.15 Å². The van der Waals surface area contributed by atoms with Crippen LogP contribution in [-0.4, -0.2) is 16.2 Å². The first-order chi connectivity index (χ1) is 13.0. The number of ether oxygens (including phenoxy) is 2. The highest BCUT2D eigenvalue weighted by atomic mass is 35.5. The lowest BCUT2D eigenvalue weighted by atomic mass is 10.2. The van der Waals surface area contributed by atoms with Crippen molar-refractivity contribution in [1.82, 2.24) is 4.98 Å². The van der Waals surface area contributed by atoms with Gasteiger partial charge in [-0.3, -0.25) is 0 Å². The Bertz CT molecular complexity index is 948. The second kappa shape index (κ2) is 8.42. The molecule has 0 unspecified atom stereocenters. The van der Waals surface area contributed by atoms with Crippen LogP contribution in [0.15, 0.2) is 60.8 Å². The van der Waals surface area contributed by atoms with E-state index >= 15 is 0 Å². The van der Waals surface area contributed by atoms with Gasteiger partial charge in [0.2, 0.25) is 0 Å². The zero-order valence-electron chi connectivity index (χ0n) is 14.5. The summed E-state index contributed by atoms with van der Waals surface area (Å²) in [6, 6.07) is 17.0. The van der Waals surface area contributed by atoms with E-state index < -0.39 is 6.16 Å². The Hall–Kier alpha value is -3.25. The van der Waals surface area contributed by atoms with E-state index in [1.54, 1.807) is 6.07 Å². The molecule has 3 rings (SSSR count). The van der Waals surface area contributed by atoms with Crippen LogP contribution in [0.3, 0.4) is 0 Å². The van der Waals surface area contributed by atoms with Crippen LogP contribution in [0.4, 0.5) is 16.2 Å². The van der Waals surface area contributed by atoms with E-state index in [-0.39, 0.29) is 10.9 Å². The van der Waals surface area contributed by atoms with E-state index in [0.717, 1.165) is 16.8 Å². The first-order valence-corrected chi connectivity index (χ1v) is 8.50. The molecule has 0 spiro atoms. The van der Waals surface area contributed by atoms with Gasteiger partial charge in [0.1, 0.15) is 12.4 Å². The Labute approximate surface area is 161 Å². The van der Waals surface area contributed by atoms with E-state index in [4.69, 9.17) is 26.2 Å². The topological polar surface area (TPSA) is 80.7 Å². The Morgan fingerprint density at radius 3 is 2.67 bits per heavy atom. The molecule has 0 atom stereocenters. The molecular formula is C20H17ClN2O4. The quantitative estimate of drug-likeness (QED) is 0.436. The van der Waals surface area contributed by atoms with Crippen molar-refractivity contribution in [3.05, 3.63) is 77.1 Å². The van der Waals surface area contributed by atoms with Gasteiger partial charge in [0.15, 0.2) is 10.9 Å². The van der Waals surface area contributed by atoms with Gasteiger partial charge in [-0.2, -0.15) is 0 Å². The molecule has 0 aliphatic carbocycles. The number of rotatable bonds is 6. The summed E-state index contributed by atoms with van der Waals surface area (Å²) < 4.78 is 10.6. The molecule has 2 aromatic carbocycles. The number of carboxylic acid groups (broad SMARTS) is 1. The van der Waals surface area contributed by atoms with Gasteiger partial charge in [0, 0.05) is 18.0 Å². The first-order valence-electron chi connectivity index (χ1n) is 8.12. The minimum atomic E-state index is -1.47. The molecule has 2 N–H and O–H groups in total. The van der Waals surface area contributed by atoms with Crippen LogP contribution in [-0.2, 0) is 6.61 Å². The van der Waals surface area contributed by atoms with Gasteiger partial charge >= 0.3 is 6.16 Å². The molecule has 1 heterocycles. The largest absolute Gasteiger partial charge is 0.511 e. The maximum Gasteiger partial charge on any atom is 0.511 e. The minimum absolute atomic E-state index is 0.0449. The fourth-order valence-electron chi connectivity index (χ4n) is 2.42. The fraction of sp³-hybridized carbons (Fsp3) is 0.100. The Balaban J connectivity index is 1.81. The molecule has 138 valence electrons. The van der Waals surface area contributed by atoms with E-state index in [1.165, 1.54) is 6.20 Å². The van der Waals surface area contributed by atoms with Gasteiger partial charge in [-0.1, -0.05) is 48.0 Å². The minimum Gasteiger partial charge on any atom is -0.489 e. The summed E-state index contributed by atoms with van der Waals surface area (Å²) in [5, 5.41) is 12.0. The van der Waals surface area contributed by atoms with E-state index in [1.807, 2.05) is 55.5 Å². The number of hydrogen-bond acceptors (Lipinski definition) is 5. The summed E-state index contributed by atoms with van der Waals surface area (Å²) in [7, 11) is 0. The highest BCUT2D eigenvalue weighted by Crippen LogP contribution is 2.35. The average Bonchev–Trinajstić information content (AvgIpc) is 2.65. The third-order valence-corrected chi connectivity index (χ3v) is 4.05. The smallest absolute Gasteiger partial charge is 0.489 e. The number of carbonyl (C=O) groups is 1. The van der Waals surface area contributed by atoms with Gasteiger partial charge in [-0.15, -0.1) is 0 Å². The van der Waals surface area contributed by atoms with Crippen molar-refractivity contribution in [3.63, 3.8) is 0 Å². The predicted octanol–water partition coefficient (Wildman–Crippen LogP) is 5.42. The molecule has 0 fully saturated rings. The SMILES string of the molecule is Cc1ccc(OCc2ccccc2)cc1Nc1ccnc(Cl)c1OC(=O)O. The van der Waals surface area contributed by atoms with Gasteiger partial charge < -0.3 is 19.9 Å². The fourth-order valence-corrected chi connectivity index (χ4v) is 2.61. The van der Waals surface area contributed by atoms with Crippen molar-refractivity contribution in [3.8, 4) is 11.5 Å². The van der Waals surface area contributed by atoms with Gasteiger partial charge in [0.25, 0.3) is 0 Å². The second-order valence-electron chi connectivity index (χ2n) is 5.72. The van der Waals surface area contributed by atoms with Crippen molar-refractivity contribution in [1.29, 1.82) is 0 Å². The molecule has 0 saturated carbocycles. The van der Waals surface area contributed by atoms with Crippen molar-refractivity contribution < 1.29 is 19.4 Å². The van der Waals surface area contributed by atoms with Gasteiger partial charge in [-0.25, -0.2) is 9.78 Å². The monoisotopic (exact) mass is 384 g/mol. The first kappa shape index (κ1) is 18.5. The summed E-state index contributed by atoms with van der Waals surface area (Å²) in [5.41, 5.74) is 3.13. The molecule has 27 heavy (non-hydrogen) atoms. The zero-order valence-corrected chi connectivity index (χ0v) is 15.2.